The molecule has 0 aromatic carbocycles. The van der Waals surface area contributed by atoms with E-state index in [9.17, 15) is 53.1 Å². The van der Waals surface area contributed by atoms with Crippen LogP contribution >= 0.6 is 0 Å². The maximum absolute atomic E-state index is 13.1. The Morgan fingerprint density at radius 3 is 1.42 bits per heavy atom. The fraction of sp³-hybridized carbons (Fsp3) is 0.857. The molecule has 0 amide bonds. The highest BCUT2D eigenvalue weighted by Gasteiger charge is 2.97. The van der Waals surface area contributed by atoms with Crippen molar-refractivity contribution in [1.82, 2.24) is 0 Å². The van der Waals surface area contributed by atoms with Crippen molar-refractivity contribution in [2.45, 2.75) is 35.5 Å². The molecule has 0 heterocycles. The molecule has 2 unspecified atom stereocenters. The highest BCUT2D eigenvalue weighted by Crippen LogP contribution is 2.65. The average molecular weight is 310 g/mol. The Bertz CT molecular complexity index is 415. The van der Waals surface area contributed by atoms with E-state index < -0.39 is 41.6 Å². The van der Waals surface area contributed by atoms with Gasteiger partial charge in [-0.2, -0.15) is 39.5 Å². The molecule has 1 saturated carbocycles. The molecule has 12 heteroatoms. The largest absolute Gasteiger partial charge is 0.379 e. The number of halogens is 11. The molecule has 0 N–H and O–H groups in total. The van der Waals surface area contributed by atoms with Gasteiger partial charge in [-0.25, -0.2) is 8.78 Å². The number of hydrogen-bond acceptors (Lipinski definition) is 1. The number of carbonyl (C=O) groups is 1. The molecule has 1 aliphatic carbocycles. The Hall–Kier alpha value is -1.10. The second-order valence-corrected chi connectivity index (χ2v) is 3.69. The zero-order valence-electron chi connectivity index (χ0n) is 8.14. The smallest absolute Gasteiger partial charge is 0.257 e. The molecule has 0 aliphatic heterocycles. The van der Waals surface area contributed by atoms with Gasteiger partial charge in [0.2, 0.25) is 6.17 Å². The van der Waals surface area contributed by atoms with Crippen LogP contribution in [0.5, 0.6) is 0 Å². The Morgan fingerprint density at radius 2 is 1.11 bits per heavy atom. The van der Waals surface area contributed by atoms with Gasteiger partial charge in [0.1, 0.15) is 0 Å². The van der Waals surface area contributed by atoms with Crippen molar-refractivity contribution in [1.29, 1.82) is 0 Å². The molecule has 0 aromatic rings. The van der Waals surface area contributed by atoms with E-state index in [1.807, 2.05) is 0 Å². The van der Waals surface area contributed by atoms with Crippen molar-refractivity contribution in [3.8, 4) is 0 Å². The predicted molar refractivity (Wildman–Crippen MR) is 34.6 cm³/mol. The van der Waals surface area contributed by atoms with Gasteiger partial charge in [0.25, 0.3) is 0 Å². The van der Waals surface area contributed by atoms with Gasteiger partial charge in [0, 0.05) is 0 Å². The topological polar surface area (TPSA) is 17.1 Å². The van der Waals surface area contributed by atoms with E-state index in [1.165, 1.54) is 0 Å². The van der Waals surface area contributed by atoms with Gasteiger partial charge < -0.3 is 0 Å². The summed E-state index contributed by atoms with van der Waals surface area (Å²) >= 11 is 0. The molecule has 2 atom stereocenters. The number of hydrogen-bond donors (Lipinski definition) is 0. The van der Waals surface area contributed by atoms with Gasteiger partial charge in [0.05, 0.1) is 0 Å². The fourth-order valence-corrected chi connectivity index (χ4v) is 1.45. The van der Waals surface area contributed by atoms with Crippen molar-refractivity contribution in [3.63, 3.8) is 0 Å². The normalized spacial score (nSPS) is 38.8. The van der Waals surface area contributed by atoms with Gasteiger partial charge in [-0.1, -0.05) is 0 Å². The minimum atomic E-state index is -7.17. The van der Waals surface area contributed by atoms with Crippen LogP contribution in [0.2, 0.25) is 0 Å². The van der Waals surface area contributed by atoms with Gasteiger partial charge in [-0.15, -0.1) is 0 Å². The summed E-state index contributed by atoms with van der Waals surface area (Å²) in [5.74, 6) is -27.6. The third kappa shape index (κ3) is 1.34. The quantitative estimate of drug-likeness (QED) is 0.537. The van der Waals surface area contributed by atoms with Crippen LogP contribution in [-0.4, -0.2) is 41.6 Å². The van der Waals surface area contributed by atoms with E-state index in [0.29, 0.717) is 0 Å². The number of rotatable bonds is 1. The Kier molecular flexibility index (Phi) is 2.95. The second kappa shape index (κ2) is 3.51. The van der Waals surface area contributed by atoms with Crippen molar-refractivity contribution >= 4 is 6.04 Å². The molecule has 0 saturated heterocycles. The lowest BCUT2D eigenvalue weighted by atomic mass is 9.74. The summed E-state index contributed by atoms with van der Waals surface area (Å²) < 4.78 is 139. The van der Waals surface area contributed by atoms with Crippen LogP contribution in [0.25, 0.3) is 0 Å². The number of carbonyl (C=O) groups excluding carboxylic acids is 1. The first-order chi connectivity index (χ1) is 8.10. The first-order valence-electron chi connectivity index (χ1n) is 4.14. The van der Waals surface area contributed by atoms with Crippen LogP contribution in [0.15, 0.2) is 0 Å². The molecule has 112 valence electrons. The van der Waals surface area contributed by atoms with Crippen LogP contribution in [0.4, 0.5) is 48.3 Å². The Morgan fingerprint density at radius 1 is 0.737 bits per heavy atom. The minimum absolute atomic E-state index is 4.39. The van der Waals surface area contributed by atoms with Crippen molar-refractivity contribution in [3.05, 3.63) is 0 Å². The second-order valence-electron chi connectivity index (χ2n) is 3.69. The van der Waals surface area contributed by atoms with Crippen molar-refractivity contribution in [2.75, 3.05) is 0 Å². The average Bonchev–Trinajstić information content (AvgIpc) is 2.23. The molecule has 1 aliphatic rings. The summed E-state index contributed by atoms with van der Waals surface area (Å²) in [5, 5.41) is 0. The van der Waals surface area contributed by atoms with Crippen molar-refractivity contribution in [2.24, 2.45) is 0 Å². The lowest BCUT2D eigenvalue weighted by molar-refractivity contribution is -0.426. The molecule has 0 aromatic heterocycles. The minimum Gasteiger partial charge on any atom is -0.257 e. The third-order valence-electron chi connectivity index (χ3n) is 2.61. The molecule has 19 heavy (non-hydrogen) atoms. The highest BCUT2D eigenvalue weighted by atomic mass is 19.4. The van der Waals surface area contributed by atoms with Crippen LogP contribution in [0.3, 0.4) is 0 Å². The summed E-state index contributed by atoms with van der Waals surface area (Å²) in [6, 6.07) is -4.39. The predicted octanol–water partition coefficient (Wildman–Crippen LogP) is 3.08. The van der Waals surface area contributed by atoms with E-state index in [0.717, 1.165) is 0 Å². The highest BCUT2D eigenvalue weighted by molar-refractivity contribution is 5.82. The van der Waals surface area contributed by atoms with E-state index in [-0.39, 0.29) is 0 Å². The molecule has 1 fully saturated rings. The number of alkyl halides is 10. The van der Waals surface area contributed by atoms with Crippen LogP contribution in [0, 0.1) is 0 Å². The Balaban J connectivity index is 3.73. The summed E-state index contributed by atoms with van der Waals surface area (Å²) in [4.78, 5) is 9.85. The summed E-state index contributed by atoms with van der Waals surface area (Å²) in [6.07, 6.45) is -5.53. The van der Waals surface area contributed by atoms with Crippen LogP contribution in [-0.2, 0) is 4.79 Å². The van der Waals surface area contributed by atoms with Crippen LogP contribution in [0.1, 0.15) is 0 Å². The SMILES string of the molecule is O=C(F)C1(F)C(F)(F)C(F)C(F)(F)C(F)(F)C1(F)F. The third-order valence-corrected chi connectivity index (χ3v) is 2.61. The van der Waals surface area contributed by atoms with E-state index >= 15 is 0 Å². The van der Waals surface area contributed by atoms with E-state index in [2.05, 4.69) is 0 Å². The summed E-state index contributed by atoms with van der Waals surface area (Å²) in [5.41, 5.74) is -6.75. The van der Waals surface area contributed by atoms with E-state index in [1.54, 1.807) is 0 Å². The molecule has 0 bridgehead atoms. The van der Waals surface area contributed by atoms with Gasteiger partial charge in [-0.3, -0.25) is 4.79 Å². The first kappa shape index (κ1) is 16.0. The van der Waals surface area contributed by atoms with Gasteiger partial charge in [0.15, 0.2) is 0 Å². The zero-order valence-corrected chi connectivity index (χ0v) is 8.14. The summed E-state index contributed by atoms with van der Waals surface area (Å²) in [7, 11) is 0. The molecule has 1 nitrogen and oxygen atoms in total. The molecule has 0 radical (unpaired) electrons. The standard InChI is InChI=1S/C7HF11O/c8-1-4(11,12)3(10,2(9)19)6(15,16)7(17,18)5(1,13)14/h1H. The lowest BCUT2D eigenvalue weighted by Gasteiger charge is -2.48. The molecule has 1 rings (SSSR count). The van der Waals surface area contributed by atoms with Crippen molar-refractivity contribution < 1.29 is 53.1 Å². The summed E-state index contributed by atoms with van der Waals surface area (Å²) in [6.45, 7) is 0. The zero-order chi connectivity index (χ0) is 15.7. The maximum atomic E-state index is 13.1. The molecular formula is C7HF11O. The molecule has 0 spiro atoms. The monoisotopic (exact) mass is 310 g/mol. The van der Waals surface area contributed by atoms with Gasteiger partial charge in [-0.05, 0) is 0 Å². The Labute approximate surface area is 95.9 Å². The van der Waals surface area contributed by atoms with E-state index in [4.69, 9.17) is 0 Å². The lowest BCUT2D eigenvalue weighted by Crippen LogP contribution is -2.81. The van der Waals surface area contributed by atoms with Gasteiger partial charge >= 0.3 is 35.4 Å². The van der Waals surface area contributed by atoms with Crippen LogP contribution < -0.4 is 0 Å². The fourth-order valence-electron chi connectivity index (χ4n) is 1.45. The molecular weight excluding hydrogens is 309 g/mol. The first-order valence-corrected chi connectivity index (χ1v) is 4.14. The maximum Gasteiger partial charge on any atom is 0.379 e.